The summed E-state index contributed by atoms with van der Waals surface area (Å²) < 4.78 is 7.21. The molecule has 0 fully saturated rings. The standard InChI is InChI=1S/C23H21ClN4O2/c1-15-8-10-17(11-9-15)16(2)25-21(29)14-28-12-4-7-20(28)23-26-22(27-30-23)18-5-3-6-19(24)13-18/h3-13,16H,14H2,1-2H3,(H,25,29). The van der Waals surface area contributed by atoms with Gasteiger partial charge in [-0.05, 0) is 43.7 Å². The Morgan fingerprint density at radius 2 is 1.97 bits per heavy atom. The summed E-state index contributed by atoms with van der Waals surface area (Å²) in [6.45, 7) is 4.15. The van der Waals surface area contributed by atoms with Crippen molar-refractivity contribution in [1.29, 1.82) is 0 Å². The highest BCUT2D eigenvalue weighted by Crippen LogP contribution is 2.24. The van der Waals surface area contributed by atoms with Gasteiger partial charge >= 0.3 is 0 Å². The minimum absolute atomic E-state index is 0.0880. The van der Waals surface area contributed by atoms with Crippen molar-refractivity contribution in [2.75, 3.05) is 0 Å². The monoisotopic (exact) mass is 420 g/mol. The largest absolute Gasteiger partial charge is 0.348 e. The molecule has 2 aromatic carbocycles. The second-order valence-corrected chi connectivity index (χ2v) is 7.59. The van der Waals surface area contributed by atoms with Crippen LogP contribution in [0.15, 0.2) is 71.4 Å². The van der Waals surface area contributed by atoms with Gasteiger partial charge < -0.3 is 14.4 Å². The molecule has 30 heavy (non-hydrogen) atoms. The lowest BCUT2D eigenvalue weighted by Gasteiger charge is -2.15. The van der Waals surface area contributed by atoms with Crippen LogP contribution in [0, 0.1) is 6.92 Å². The first-order chi connectivity index (χ1) is 14.5. The minimum Gasteiger partial charge on any atom is -0.348 e. The summed E-state index contributed by atoms with van der Waals surface area (Å²) in [6.07, 6.45) is 1.81. The van der Waals surface area contributed by atoms with Crippen molar-refractivity contribution in [3.05, 3.63) is 83.0 Å². The Morgan fingerprint density at radius 3 is 2.73 bits per heavy atom. The summed E-state index contributed by atoms with van der Waals surface area (Å²) in [4.78, 5) is 17.1. The fourth-order valence-corrected chi connectivity index (χ4v) is 3.39. The predicted octanol–water partition coefficient (Wildman–Crippen LogP) is 5.04. The van der Waals surface area contributed by atoms with Crippen LogP contribution >= 0.6 is 11.6 Å². The highest BCUT2D eigenvalue weighted by atomic mass is 35.5. The lowest BCUT2D eigenvalue weighted by atomic mass is 10.1. The maximum Gasteiger partial charge on any atom is 0.274 e. The fourth-order valence-electron chi connectivity index (χ4n) is 3.20. The lowest BCUT2D eigenvalue weighted by Crippen LogP contribution is -2.30. The van der Waals surface area contributed by atoms with E-state index in [2.05, 4.69) is 15.5 Å². The quantitative estimate of drug-likeness (QED) is 0.474. The Morgan fingerprint density at radius 1 is 1.17 bits per heavy atom. The average Bonchev–Trinajstić information content (AvgIpc) is 3.37. The van der Waals surface area contributed by atoms with E-state index in [9.17, 15) is 4.79 Å². The second-order valence-electron chi connectivity index (χ2n) is 7.15. The van der Waals surface area contributed by atoms with Crippen molar-refractivity contribution >= 4 is 17.5 Å². The molecule has 0 radical (unpaired) electrons. The fraction of sp³-hybridized carbons (Fsp3) is 0.174. The van der Waals surface area contributed by atoms with Crippen molar-refractivity contribution in [2.45, 2.75) is 26.4 Å². The third kappa shape index (κ3) is 4.44. The third-order valence-electron chi connectivity index (χ3n) is 4.83. The van der Waals surface area contributed by atoms with E-state index in [-0.39, 0.29) is 18.5 Å². The summed E-state index contributed by atoms with van der Waals surface area (Å²) in [5.74, 6) is 0.683. The van der Waals surface area contributed by atoms with Gasteiger partial charge in [-0.3, -0.25) is 4.79 Å². The molecule has 0 spiro atoms. The molecule has 0 saturated carbocycles. The van der Waals surface area contributed by atoms with E-state index in [1.807, 2.05) is 68.6 Å². The van der Waals surface area contributed by atoms with Crippen LogP contribution in [0.3, 0.4) is 0 Å². The Balaban J connectivity index is 1.47. The molecular weight excluding hydrogens is 400 g/mol. The minimum atomic E-state index is -0.102. The van der Waals surface area contributed by atoms with Gasteiger partial charge in [0.1, 0.15) is 12.2 Å². The van der Waals surface area contributed by atoms with Crippen molar-refractivity contribution in [3.63, 3.8) is 0 Å². The van der Waals surface area contributed by atoms with Gasteiger partial charge in [0, 0.05) is 16.8 Å². The molecule has 0 aliphatic heterocycles. The summed E-state index contributed by atoms with van der Waals surface area (Å²) >= 11 is 6.04. The van der Waals surface area contributed by atoms with Gasteiger partial charge in [-0.2, -0.15) is 4.98 Å². The smallest absolute Gasteiger partial charge is 0.274 e. The van der Waals surface area contributed by atoms with E-state index in [1.165, 1.54) is 5.56 Å². The molecule has 2 aromatic heterocycles. The topological polar surface area (TPSA) is 73.0 Å². The third-order valence-corrected chi connectivity index (χ3v) is 5.06. The Bertz CT molecular complexity index is 1160. The molecule has 0 saturated heterocycles. The molecule has 0 aliphatic rings. The van der Waals surface area contributed by atoms with Gasteiger partial charge in [-0.1, -0.05) is 58.7 Å². The lowest BCUT2D eigenvalue weighted by molar-refractivity contribution is -0.122. The molecule has 4 aromatic rings. The van der Waals surface area contributed by atoms with Crippen LogP contribution in [0.1, 0.15) is 24.1 Å². The van der Waals surface area contributed by atoms with E-state index < -0.39 is 0 Å². The van der Waals surface area contributed by atoms with Gasteiger partial charge in [0.15, 0.2) is 0 Å². The highest BCUT2D eigenvalue weighted by Gasteiger charge is 2.17. The zero-order valence-electron chi connectivity index (χ0n) is 16.7. The number of aromatic nitrogens is 3. The molecule has 152 valence electrons. The maximum atomic E-state index is 12.6. The van der Waals surface area contributed by atoms with Gasteiger partial charge in [0.25, 0.3) is 5.89 Å². The highest BCUT2D eigenvalue weighted by molar-refractivity contribution is 6.30. The summed E-state index contributed by atoms with van der Waals surface area (Å²) in [7, 11) is 0. The molecule has 1 N–H and O–H groups in total. The number of hydrogen-bond donors (Lipinski definition) is 1. The van der Waals surface area contributed by atoms with Crippen LogP contribution in [0.25, 0.3) is 23.0 Å². The molecular formula is C23H21ClN4O2. The molecule has 1 unspecified atom stereocenters. The van der Waals surface area contributed by atoms with Crippen LogP contribution in [0.4, 0.5) is 0 Å². The molecule has 2 heterocycles. The SMILES string of the molecule is Cc1ccc(C(C)NC(=O)Cn2cccc2-c2nc(-c3cccc(Cl)c3)no2)cc1. The molecule has 6 nitrogen and oxygen atoms in total. The Kier molecular flexibility index (Phi) is 5.68. The van der Waals surface area contributed by atoms with Crippen LogP contribution in [0.2, 0.25) is 5.02 Å². The van der Waals surface area contributed by atoms with E-state index in [1.54, 1.807) is 16.7 Å². The predicted molar refractivity (Wildman–Crippen MR) is 116 cm³/mol. The number of hydrogen-bond acceptors (Lipinski definition) is 4. The number of nitrogens with one attached hydrogen (secondary N) is 1. The van der Waals surface area contributed by atoms with Crippen molar-refractivity contribution in [1.82, 2.24) is 20.0 Å². The zero-order valence-corrected chi connectivity index (χ0v) is 17.4. The van der Waals surface area contributed by atoms with E-state index in [0.29, 0.717) is 22.4 Å². The van der Waals surface area contributed by atoms with E-state index in [4.69, 9.17) is 16.1 Å². The molecule has 1 atom stereocenters. The second kappa shape index (κ2) is 8.55. The first-order valence-corrected chi connectivity index (χ1v) is 9.98. The molecule has 0 bridgehead atoms. The van der Waals surface area contributed by atoms with E-state index >= 15 is 0 Å². The van der Waals surface area contributed by atoms with Crippen LogP contribution < -0.4 is 5.32 Å². The molecule has 1 amide bonds. The van der Waals surface area contributed by atoms with Gasteiger partial charge in [0.2, 0.25) is 11.7 Å². The molecule has 4 rings (SSSR count). The number of carbonyl (C=O) groups excluding carboxylic acids is 1. The van der Waals surface area contributed by atoms with Crippen molar-refractivity contribution in [3.8, 4) is 23.0 Å². The van der Waals surface area contributed by atoms with Crippen LogP contribution in [0.5, 0.6) is 0 Å². The summed E-state index contributed by atoms with van der Waals surface area (Å²) in [6, 6.07) is 19.0. The number of halogens is 1. The number of benzene rings is 2. The van der Waals surface area contributed by atoms with Crippen molar-refractivity contribution < 1.29 is 9.32 Å². The Hall–Kier alpha value is -3.38. The zero-order chi connectivity index (χ0) is 21.1. The summed E-state index contributed by atoms with van der Waals surface area (Å²) in [5.41, 5.74) is 3.69. The van der Waals surface area contributed by atoms with Gasteiger partial charge in [-0.15, -0.1) is 0 Å². The van der Waals surface area contributed by atoms with Gasteiger partial charge in [0.05, 0.1) is 6.04 Å². The number of aryl methyl sites for hydroxylation is 1. The molecule has 7 heteroatoms. The number of amides is 1. The summed E-state index contributed by atoms with van der Waals surface area (Å²) in [5, 5.41) is 7.67. The van der Waals surface area contributed by atoms with Crippen LogP contribution in [-0.2, 0) is 11.3 Å². The molecule has 0 aliphatic carbocycles. The normalized spacial score (nSPS) is 12.0. The number of carbonyl (C=O) groups is 1. The first kappa shape index (κ1) is 19.9. The van der Waals surface area contributed by atoms with E-state index in [0.717, 1.165) is 11.1 Å². The van der Waals surface area contributed by atoms with Crippen molar-refractivity contribution in [2.24, 2.45) is 0 Å². The van der Waals surface area contributed by atoms with Crippen LogP contribution in [-0.4, -0.2) is 20.6 Å². The van der Waals surface area contributed by atoms with Gasteiger partial charge in [-0.25, -0.2) is 0 Å². The number of nitrogens with zero attached hydrogens (tertiary/aromatic N) is 3. The first-order valence-electron chi connectivity index (χ1n) is 9.60. The average molecular weight is 421 g/mol. The number of rotatable bonds is 6. The maximum absolute atomic E-state index is 12.6. The Labute approximate surface area is 179 Å².